The first-order chi connectivity index (χ1) is 7.69. The summed E-state index contributed by atoms with van der Waals surface area (Å²) < 4.78 is 2.04. The Balaban J connectivity index is 2.26. The van der Waals surface area contributed by atoms with Crippen molar-refractivity contribution >= 4 is 5.82 Å². The lowest BCUT2D eigenvalue weighted by molar-refractivity contribution is 0.694. The van der Waals surface area contributed by atoms with Gasteiger partial charge in [0.05, 0.1) is 6.54 Å². The van der Waals surface area contributed by atoms with Crippen LogP contribution in [0.2, 0.25) is 0 Å². The van der Waals surface area contributed by atoms with Crippen LogP contribution in [0.15, 0.2) is 18.5 Å². The molecule has 2 aromatic rings. The summed E-state index contributed by atoms with van der Waals surface area (Å²) in [6, 6.07) is 1.76. The van der Waals surface area contributed by atoms with Crippen molar-refractivity contribution in [1.29, 1.82) is 0 Å². The summed E-state index contributed by atoms with van der Waals surface area (Å²) in [7, 11) is 0. The normalized spacial score (nSPS) is 10.6. The molecule has 0 aliphatic rings. The molecule has 2 rings (SSSR count). The van der Waals surface area contributed by atoms with Gasteiger partial charge in [-0.05, 0) is 6.92 Å². The van der Waals surface area contributed by atoms with E-state index in [1.54, 1.807) is 12.3 Å². The quantitative estimate of drug-likeness (QED) is 0.838. The van der Waals surface area contributed by atoms with Crippen LogP contribution >= 0.6 is 0 Å². The highest BCUT2D eigenvalue weighted by atomic mass is 15.1. The van der Waals surface area contributed by atoms with Crippen molar-refractivity contribution in [1.82, 2.24) is 19.5 Å². The molecule has 5 heteroatoms. The molecule has 0 amide bonds. The van der Waals surface area contributed by atoms with Crippen molar-refractivity contribution in [2.45, 2.75) is 26.8 Å². The Morgan fingerprint density at radius 2 is 2.19 bits per heavy atom. The van der Waals surface area contributed by atoms with Crippen molar-refractivity contribution in [2.75, 3.05) is 5.73 Å². The fraction of sp³-hybridized carbons (Fsp3) is 0.364. The van der Waals surface area contributed by atoms with E-state index in [4.69, 9.17) is 5.73 Å². The Morgan fingerprint density at radius 1 is 1.38 bits per heavy atom. The van der Waals surface area contributed by atoms with Crippen LogP contribution in [0.25, 0.3) is 0 Å². The lowest BCUT2D eigenvalue weighted by atomic mass is 10.4. The number of aryl methyl sites for hydroxylation is 2. The summed E-state index contributed by atoms with van der Waals surface area (Å²) in [5, 5.41) is 0. The zero-order valence-electron chi connectivity index (χ0n) is 9.51. The Labute approximate surface area is 94.4 Å². The second-order valence-electron chi connectivity index (χ2n) is 3.68. The van der Waals surface area contributed by atoms with Crippen LogP contribution < -0.4 is 5.73 Å². The van der Waals surface area contributed by atoms with Gasteiger partial charge < -0.3 is 10.3 Å². The van der Waals surface area contributed by atoms with Crippen LogP contribution in [0.5, 0.6) is 0 Å². The minimum atomic E-state index is 0.515. The number of nitrogens with two attached hydrogens (primary N) is 1. The molecule has 0 saturated heterocycles. The highest BCUT2D eigenvalue weighted by molar-refractivity contribution is 5.29. The molecule has 2 N–H and O–H groups in total. The van der Waals surface area contributed by atoms with Gasteiger partial charge >= 0.3 is 0 Å². The average molecular weight is 217 g/mol. The molecule has 0 unspecified atom stereocenters. The lowest BCUT2D eigenvalue weighted by Crippen LogP contribution is -2.09. The Bertz CT molecular complexity index is 469. The van der Waals surface area contributed by atoms with Crippen LogP contribution in [-0.4, -0.2) is 19.5 Å². The van der Waals surface area contributed by atoms with E-state index in [2.05, 4.69) is 21.9 Å². The molecule has 0 aromatic carbocycles. The molecular weight excluding hydrogens is 202 g/mol. The smallest absolute Gasteiger partial charge is 0.150 e. The third-order valence-electron chi connectivity index (χ3n) is 2.35. The van der Waals surface area contributed by atoms with Crippen molar-refractivity contribution < 1.29 is 0 Å². The van der Waals surface area contributed by atoms with Gasteiger partial charge in [-0.3, -0.25) is 0 Å². The second kappa shape index (κ2) is 4.30. The van der Waals surface area contributed by atoms with Crippen molar-refractivity contribution in [3.63, 3.8) is 0 Å². The molecule has 0 atom stereocenters. The highest BCUT2D eigenvalue weighted by Crippen LogP contribution is 2.06. The number of rotatable bonds is 3. The van der Waals surface area contributed by atoms with Crippen LogP contribution in [0.4, 0.5) is 5.82 Å². The van der Waals surface area contributed by atoms with Gasteiger partial charge in [0, 0.05) is 30.6 Å². The largest absolute Gasteiger partial charge is 0.384 e. The van der Waals surface area contributed by atoms with E-state index in [0.717, 1.165) is 23.8 Å². The summed E-state index contributed by atoms with van der Waals surface area (Å²) in [4.78, 5) is 12.8. The van der Waals surface area contributed by atoms with Crippen LogP contribution in [0.3, 0.4) is 0 Å². The van der Waals surface area contributed by atoms with Gasteiger partial charge in [-0.2, -0.15) is 0 Å². The molecule has 2 heterocycles. The van der Waals surface area contributed by atoms with E-state index in [1.165, 1.54) is 0 Å². The number of imidazole rings is 1. The molecule has 5 nitrogen and oxygen atoms in total. The van der Waals surface area contributed by atoms with Crippen molar-refractivity contribution in [2.24, 2.45) is 0 Å². The van der Waals surface area contributed by atoms with Gasteiger partial charge in [0.25, 0.3) is 0 Å². The van der Waals surface area contributed by atoms with E-state index < -0.39 is 0 Å². The van der Waals surface area contributed by atoms with Gasteiger partial charge in [-0.1, -0.05) is 6.92 Å². The predicted molar refractivity (Wildman–Crippen MR) is 61.9 cm³/mol. The number of nitrogen functional groups attached to an aromatic ring is 1. The molecule has 0 radical (unpaired) electrons. The van der Waals surface area contributed by atoms with E-state index in [1.807, 2.05) is 17.7 Å². The Hall–Kier alpha value is -1.91. The molecule has 84 valence electrons. The Morgan fingerprint density at radius 3 is 2.88 bits per heavy atom. The maximum absolute atomic E-state index is 5.68. The SMILES string of the molecule is CCc1nccn1Cc1nc(C)cc(N)n1. The van der Waals surface area contributed by atoms with Gasteiger partial charge in [0.1, 0.15) is 11.6 Å². The molecule has 2 aromatic heterocycles. The zero-order chi connectivity index (χ0) is 11.5. The average Bonchev–Trinajstić information content (AvgIpc) is 2.63. The Kier molecular flexibility index (Phi) is 2.85. The monoisotopic (exact) mass is 217 g/mol. The third-order valence-corrected chi connectivity index (χ3v) is 2.35. The van der Waals surface area contributed by atoms with Crippen molar-refractivity contribution in [3.05, 3.63) is 35.8 Å². The molecule has 0 saturated carbocycles. The van der Waals surface area contributed by atoms with E-state index in [-0.39, 0.29) is 0 Å². The van der Waals surface area contributed by atoms with Crippen molar-refractivity contribution in [3.8, 4) is 0 Å². The van der Waals surface area contributed by atoms with Gasteiger partial charge in [0.15, 0.2) is 5.82 Å². The van der Waals surface area contributed by atoms with E-state index in [0.29, 0.717) is 12.4 Å². The minimum absolute atomic E-state index is 0.515. The number of aromatic nitrogens is 4. The molecule has 0 fully saturated rings. The first-order valence-electron chi connectivity index (χ1n) is 5.29. The first-order valence-corrected chi connectivity index (χ1v) is 5.29. The van der Waals surface area contributed by atoms with Crippen LogP contribution in [-0.2, 0) is 13.0 Å². The number of hydrogen-bond donors (Lipinski definition) is 1. The topological polar surface area (TPSA) is 69.6 Å². The maximum atomic E-state index is 5.68. The maximum Gasteiger partial charge on any atom is 0.150 e. The second-order valence-corrected chi connectivity index (χ2v) is 3.68. The summed E-state index contributed by atoms with van der Waals surface area (Å²) in [6.07, 6.45) is 4.62. The number of anilines is 1. The number of hydrogen-bond acceptors (Lipinski definition) is 4. The molecule has 0 aliphatic heterocycles. The molecule has 16 heavy (non-hydrogen) atoms. The third kappa shape index (κ3) is 2.18. The highest BCUT2D eigenvalue weighted by Gasteiger charge is 2.04. The summed E-state index contributed by atoms with van der Waals surface area (Å²) in [5.74, 6) is 2.27. The zero-order valence-corrected chi connectivity index (χ0v) is 9.51. The molecular formula is C11H15N5. The molecule has 0 aliphatic carbocycles. The minimum Gasteiger partial charge on any atom is -0.384 e. The van der Waals surface area contributed by atoms with E-state index in [9.17, 15) is 0 Å². The summed E-state index contributed by atoms with van der Waals surface area (Å²) in [6.45, 7) is 4.61. The summed E-state index contributed by atoms with van der Waals surface area (Å²) in [5.41, 5.74) is 6.57. The van der Waals surface area contributed by atoms with E-state index >= 15 is 0 Å². The van der Waals surface area contributed by atoms with Gasteiger partial charge in [0.2, 0.25) is 0 Å². The number of nitrogens with zero attached hydrogens (tertiary/aromatic N) is 4. The van der Waals surface area contributed by atoms with Crippen LogP contribution in [0, 0.1) is 6.92 Å². The fourth-order valence-corrected chi connectivity index (χ4v) is 1.68. The predicted octanol–water partition coefficient (Wildman–Crippen LogP) is 1.17. The summed E-state index contributed by atoms with van der Waals surface area (Å²) >= 11 is 0. The van der Waals surface area contributed by atoms with Gasteiger partial charge in [-0.15, -0.1) is 0 Å². The first kappa shape index (κ1) is 10.6. The fourth-order valence-electron chi connectivity index (χ4n) is 1.68. The standard InChI is InChI=1S/C11H15N5/c1-3-11-13-4-5-16(11)7-10-14-8(2)6-9(12)15-10/h4-6H,3,7H2,1-2H3,(H2,12,14,15). The van der Waals surface area contributed by atoms with Crippen LogP contribution in [0.1, 0.15) is 24.3 Å². The lowest BCUT2D eigenvalue weighted by Gasteiger charge is -2.06. The molecule has 0 spiro atoms. The van der Waals surface area contributed by atoms with Gasteiger partial charge in [-0.25, -0.2) is 15.0 Å². The molecule has 0 bridgehead atoms.